The molecule has 388 valence electrons. The summed E-state index contributed by atoms with van der Waals surface area (Å²) in [5.41, 5.74) is 12.6. The quantitative estimate of drug-likeness (QED) is 0.0419. The second kappa shape index (κ2) is 28.8. The summed E-state index contributed by atoms with van der Waals surface area (Å²) >= 11 is 0. The van der Waals surface area contributed by atoms with Crippen LogP contribution in [0.1, 0.15) is 196 Å². The molecule has 4 atom stereocenters. The molecule has 2 aromatic heterocycles. The van der Waals surface area contributed by atoms with Gasteiger partial charge in [-0.15, -0.1) is 22.4 Å². The van der Waals surface area contributed by atoms with E-state index in [0.717, 1.165) is 81.5 Å². The van der Waals surface area contributed by atoms with Crippen LogP contribution in [0, 0.1) is 24.7 Å². The van der Waals surface area contributed by atoms with Gasteiger partial charge in [-0.25, -0.2) is 9.97 Å². The second-order valence-electron chi connectivity index (χ2n) is 20.7. The van der Waals surface area contributed by atoms with Crippen molar-refractivity contribution in [3.8, 4) is 0 Å². The molecule has 0 spiro atoms. The number of rotatable bonds is 26. The minimum Gasteiger partial charge on any atom is -0.664 e. The maximum absolute atomic E-state index is 14.5. The van der Waals surface area contributed by atoms with Crippen LogP contribution >= 0.6 is 0 Å². The Morgan fingerprint density at radius 3 is 2.07 bits per heavy atom. The molecule has 0 saturated carbocycles. The summed E-state index contributed by atoms with van der Waals surface area (Å²) in [6.07, 6.45) is 15.5. The number of hydrogen-bond acceptors (Lipinski definition) is 7. The van der Waals surface area contributed by atoms with Crippen molar-refractivity contribution in [1.29, 1.82) is 0 Å². The van der Waals surface area contributed by atoms with Gasteiger partial charge >= 0.3 is 35.0 Å². The second-order valence-corrected chi connectivity index (χ2v) is 20.7. The van der Waals surface area contributed by atoms with Crippen molar-refractivity contribution in [3.63, 3.8) is 0 Å². The van der Waals surface area contributed by atoms with Gasteiger partial charge < -0.3 is 34.2 Å². The fourth-order valence-corrected chi connectivity index (χ4v) is 10.3. The minimum absolute atomic E-state index is 0. The van der Waals surface area contributed by atoms with Crippen LogP contribution in [0.2, 0.25) is 0 Å². The summed E-state index contributed by atoms with van der Waals surface area (Å²) in [5.74, 6) is 0.583. The number of nitrogens with one attached hydrogen (secondary N) is 3. The van der Waals surface area contributed by atoms with Gasteiger partial charge in [-0.3, -0.25) is 14.4 Å². The first-order chi connectivity index (χ1) is 33.9. The van der Waals surface area contributed by atoms with E-state index >= 15 is 0 Å². The zero-order valence-corrected chi connectivity index (χ0v) is 47.5. The fraction of sp³-hybridized carbons (Fsp3) is 0.576. The Morgan fingerprint density at radius 2 is 1.44 bits per heavy atom. The number of nitrogens with zero attached hydrogens (tertiary/aromatic N) is 2. The molecular formula is C59H85MgN5O7+2. The van der Waals surface area contributed by atoms with Gasteiger partial charge in [0.2, 0.25) is 22.8 Å². The molecule has 8 bridgehead atoms. The Bertz CT molecular complexity index is 2530. The van der Waals surface area contributed by atoms with Crippen molar-refractivity contribution in [2.45, 2.75) is 171 Å². The number of aromatic nitrogens is 4. The number of ether oxygens (including phenoxy) is 4. The Hall–Kier alpha value is -4.56. The zero-order chi connectivity index (χ0) is 51.9. The minimum atomic E-state index is -0.680. The number of esters is 2. The van der Waals surface area contributed by atoms with E-state index in [9.17, 15) is 14.4 Å². The third-order valence-electron chi connectivity index (χ3n) is 14.9. The molecule has 2 aromatic rings. The summed E-state index contributed by atoms with van der Waals surface area (Å²) < 4.78 is 22.0. The van der Waals surface area contributed by atoms with E-state index in [1.54, 1.807) is 0 Å². The Kier molecular flexibility index (Phi) is 24.0. The normalized spacial score (nSPS) is 16.2. The molecular weight excluding hydrogens is 915 g/mol. The summed E-state index contributed by atoms with van der Waals surface area (Å²) in [4.78, 5) is 59.4. The van der Waals surface area contributed by atoms with Crippen LogP contribution in [0.15, 0.2) is 42.5 Å². The number of aromatic amines is 2. The van der Waals surface area contributed by atoms with Gasteiger partial charge in [0.1, 0.15) is 12.2 Å². The number of fused-ring (bicyclic) bond motifs is 8. The largest absolute Gasteiger partial charge is 2.00 e. The monoisotopic (exact) mass is 1000 g/mol. The van der Waals surface area contributed by atoms with Gasteiger partial charge in [-0.1, -0.05) is 116 Å². The maximum atomic E-state index is 14.5. The molecule has 3 aliphatic heterocycles. The van der Waals surface area contributed by atoms with Crippen molar-refractivity contribution in [2.75, 3.05) is 34.5 Å². The van der Waals surface area contributed by atoms with Crippen LogP contribution < -0.4 is 25.3 Å². The summed E-state index contributed by atoms with van der Waals surface area (Å²) in [5, 5.41) is 2.99. The molecule has 0 saturated heterocycles. The number of hydrogen-bond donors (Lipinski definition) is 1. The third-order valence-corrected chi connectivity index (χ3v) is 14.9. The summed E-state index contributed by atoms with van der Waals surface area (Å²) in [7, 11) is 4.37. The van der Waals surface area contributed by atoms with E-state index in [0.29, 0.717) is 46.1 Å². The predicted molar refractivity (Wildman–Crippen MR) is 289 cm³/mol. The first-order valence-corrected chi connectivity index (χ1v) is 26.3. The van der Waals surface area contributed by atoms with E-state index in [1.807, 2.05) is 31.2 Å². The SMILES string of the molecule is C=CC1=C(C)c2cc3[n-]c(c(CC(=O)OC)c4[nH+]c(cc5[n-]c(cc1[nH+]2)c(C)c5CC)C(C)=C4C(=O)NCC(OC)OC)C(CCC(=O)OC/C=C(\C)CCCC(C)CCCC(C)CCCC(C)C)C3C.[Mg+2]. The van der Waals surface area contributed by atoms with Gasteiger partial charge in [-0.05, 0) is 107 Å². The molecule has 0 aliphatic carbocycles. The van der Waals surface area contributed by atoms with Gasteiger partial charge in [0, 0.05) is 37.4 Å². The van der Waals surface area contributed by atoms with E-state index < -0.39 is 12.3 Å². The van der Waals surface area contributed by atoms with Crippen LogP contribution in [0.25, 0.3) is 33.3 Å². The molecule has 5 rings (SSSR count). The Morgan fingerprint density at radius 1 is 0.806 bits per heavy atom. The van der Waals surface area contributed by atoms with Crippen LogP contribution in [0.3, 0.4) is 0 Å². The average molecular weight is 1000 g/mol. The van der Waals surface area contributed by atoms with Gasteiger partial charge in [0.25, 0.3) is 5.91 Å². The molecule has 72 heavy (non-hydrogen) atoms. The topological polar surface area (TPSA) is 157 Å². The van der Waals surface area contributed by atoms with Crippen LogP contribution in [-0.2, 0) is 46.2 Å². The zero-order valence-electron chi connectivity index (χ0n) is 46.1. The van der Waals surface area contributed by atoms with E-state index in [1.165, 1.54) is 71.8 Å². The summed E-state index contributed by atoms with van der Waals surface area (Å²) in [6.45, 7) is 26.2. The van der Waals surface area contributed by atoms with Crippen molar-refractivity contribution >= 4 is 74.2 Å². The molecule has 13 heteroatoms. The van der Waals surface area contributed by atoms with E-state index in [-0.39, 0.29) is 72.8 Å². The van der Waals surface area contributed by atoms with Gasteiger partial charge in [0.05, 0.1) is 25.6 Å². The number of allylic oxidation sites excluding steroid dienone is 5. The fourth-order valence-electron chi connectivity index (χ4n) is 10.3. The van der Waals surface area contributed by atoms with Crippen LogP contribution in [0.4, 0.5) is 0 Å². The van der Waals surface area contributed by atoms with Gasteiger partial charge in [0.15, 0.2) is 6.29 Å². The van der Waals surface area contributed by atoms with Crippen molar-refractivity contribution in [1.82, 2.24) is 15.3 Å². The predicted octanol–water partition coefficient (Wildman–Crippen LogP) is 10.7. The molecule has 0 fully saturated rings. The molecule has 5 heterocycles. The molecule has 3 N–H and O–H groups in total. The maximum Gasteiger partial charge on any atom is 2.00 e. The number of carbonyl (C=O) groups excluding carboxylic acids is 3. The number of methoxy groups -OCH3 is 3. The average Bonchev–Trinajstić information content (AvgIpc) is 4.02. The first-order valence-electron chi connectivity index (χ1n) is 26.3. The number of aryl methyl sites for hydroxylation is 2. The molecule has 4 unspecified atom stereocenters. The Balaban J connectivity index is 0.0000112. The Labute approximate surface area is 446 Å². The standard InChI is InChI=1S/C59H84N5O7.Mg/c1-15-43-39(8)47-31-49-41(10)45(26-27-53(65)71-29-28-38(7)25-19-24-37(6)23-18-22-36(5)21-17-20-35(3)4)57(63-49)46(30-54(66)68-12)58-56(59(67)60-34-55(69-13)70-14)42(11)50(64-58)33-52-44(16-2)40(9)48(62-52)32-51(43)61-47;/h15,28,31-33,35-37,41,45,55H,1,16-27,29-30,34H2,2-14H3,(H2-,60,61,62,63,64,67);/q-1;+2/p+1/b38-28+;. The number of amides is 1. The smallest absolute Gasteiger partial charge is 0.664 e. The van der Waals surface area contributed by atoms with E-state index in [4.69, 9.17) is 28.9 Å². The van der Waals surface area contributed by atoms with Crippen molar-refractivity contribution in [3.05, 3.63) is 93.4 Å². The molecule has 0 aromatic carbocycles. The third kappa shape index (κ3) is 15.7. The molecule has 0 radical (unpaired) electrons. The van der Waals surface area contributed by atoms with Crippen molar-refractivity contribution in [2.24, 2.45) is 17.8 Å². The first kappa shape index (κ1) is 60.0. The molecule has 12 nitrogen and oxygen atoms in total. The molecule has 3 aliphatic rings. The van der Waals surface area contributed by atoms with E-state index in [2.05, 4.69) is 90.2 Å². The van der Waals surface area contributed by atoms with Gasteiger partial charge in [-0.2, -0.15) is 0 Å². The van der Waals surface area contributed by atoms with Crippen LogP contribution in [0.5, 0.6) is 0 Å². The summed E-state index contributed by atoms with van der Waals surface area (Å²) in [6, 6.07) is 6.09. The van der Waals surface area contributed by atoms with Crippen LogP contribution in [-0.4, -0.2) is 81.7 Å². The number of carbonyl (C=O) groups is 3. The number of H-pyrrole nitrogens is 2. The van der Waals surface area contributed by atoms with Crippen molar-refractivity contribution < 1.29 is 43.3 Å². The molecule has 1 amide bonds.